The summed E-state index contributed by atoms with van der Waals surface area (Å²) in [4.78, 5) is 10.5. The molecule has 2 rings (SSSR count). The third-order valence-electron chi connectivity index (χ3n) is 2.42. The molecule has 0 atom stereocenters. The van der Waals surface area contributed by atoms with Crippen LogP contribution in [0.15, 0.2) is 40.6 Å². The number of sulfonamides is 1. The van der Waals surface area contributed by atoms with E-state index in [1.807, 2.05) is 6.92 Å². The highest BCUT2D eigenvalue weighted by Gasteiger charge is 2.23. The number of aryl methyl sites for hydroxylation is 1. The lowest BCUT2D eigenvalue weighted by Gasteiger charge is -2.07. The van der Waals surface area contributed by atoms with Crippen molar-refractivity contribution in [2.75, 3.05) is 4.72 Å². The van der Waals surface area contributed by atoms with Gasteiger partial charge in [0, 0.05) is 5.69 Å². The number of aromatic carboxylic acids is 1. The van der Waals surface area contributed by atoms with Gasteiger partial charge in [0.05, 0.1) is 0 Å². The average Bonchev–Trinajstić information content (AvgIpc) is 2.82. The van der Waals surface area contributed by atoms with Gasteiger partial charge in [0.25, 0.3) is 10.0 Å². The number of rotatable bonds is 4. The SMILES string of the molecule is Cc1ccc(NS(=O)(=O)c2ccsc2C(=O)O)cc1. The first kappa shape index (κ1) is 13.6. The van der Waals surface area contributed by atoms with E-state index in [2.05, 4.69) is 4.72 Å². The van der Waals surface area contributed by atoms with Crippen molar-refractivity contribution in [3.05, 3.63) is 46.2 Å². The summed E-state index contributed by atoms with van der Waals surface area (Å²) >= 11 is 0.879. The number of carboxylic acid groups (broad SMARTS) is 1. The summed E-state index contributed by atoms with van der Waals surface area (Å²) in [6, 6.07) is 8.07. The van der Waals surface area contributed by atoms with E-state index in [9.17, 15) is 13.2 Å². The van der Waals surface area contributed by atoms with Crippen molar-refractivity contribution in [2.24, 2.45) is 0 Å². The van der Waals surface area contributed by atoms with Gasteiger partial charge in [0.2, 0.25) is 0 Å². The number of hydrogen-bond donors (Lipinski definition) is 2. The Labute approximate surface area is 114 Å². The van der Waals surface area contributed by atoms with Gasteiger partial charge < -0.3 is 5.11 Å². The van der Waals surface area contributed by atoms with Crippen LogP contribution in [-0.4, -0.2) is 19.5 Å². The summed E-state index contributed by atoms with van der Waals surface area (Å²) in [5.41, 5.74) is 1.40. The molecule has 0 radical (unpaired) electrons. The van der Waals surface area contributed by atoms with E-state index in [4.69, 9.17) is 5.11 Å². The van der Waals surface area contributed by atoms with Crippen LogP contribution in [0, 0.1) is 6.92 Å². The molecule has 2 N–H and O–H groups in total. The summed E-state index contributed by atoms with van der Waals surface area (Å²) < 4.78 is 26.6. The van der Waals surface area contributed by atoms with Crippen LogP contribution in [0.2, 0.25) is 0 Å². The quantitative estimate of drug-likeness (QED) is 0.908. The Morgan fingerprint density at radius 2 is 1.84 bits per heavy atom. The predicted molar refractivity (Wildman–Crippen MR) is 73.3 cm³/mol. The van der Waals surface area contributed by atoms with E-state index in [0.717, 1.165) is 16.9 Å². The minimum absolute atomic E-state index is 0.195. The highest BCUT2D eigenvalue weighted by atomic mass is 32.2. The minimum atomic E-state index is -3.88. The molecule has 0 bridgehead atoms. The number of carbonyl (C=O) groups is 1. The van der Waals surface area contributed by atoms with Crippen LogP contribution >= 0.6 is 11.3 Å². The van der Waals surface area contributed by atoms with Crippen molar-refractivity contribution in [1.82, 2.24) is 0 Å². The topological polar surface area (TPSA) is 83.5 Å². The molecule has 0 aliphatic heterocycles. The first-order valence-electron chi connectivity index (χ1n) is 5.30. The highest BCUT2D eigenvalue weighted by molar-refractivity contribution is 7.93. The van der Waals surface area contributed by atoms with E-state index < -0.39 is 16.0 Å². The molecule has 0 amide bonds. The van der Waals surface area contributed by atoms with E-state index in [1.54, 1.807) is 24.3 Å². The molecular weight excluding hydrogens is 286 g/mol. The number of anilines is 1. The van der Waals surface area contributed by atoms with Crippen LogP contribution < -0.4 is 4.72 Å². The molecule has 100 valence electrons. The molecule has 0 fully saturated rings. The third kappa shape index (κ3) is 2.94. The molecule has 1 heterocycles. The second-order valence-electron chi connectivity index (χ2n) is 3.89. The molecule has 19 heavy (non-hydrogen) atoms. The zero-order valence-corrected chi connectivity index (χ0v) is 11.6. The van der Waals surface area contributed by atoms with Crippen molar-refractivity contribution in [1.29, 1.82) is 0 Å². The number of benzene rings is 1. The second kappa shape index (κ2) is 5.02. The molecule has 7 heteroatoms. The van der Waals surface area contributed by atoms with Gasteiger partial charge in [-0.2, -0.15) is 0 Å². The maximum absolute atomic E-state index is 12.1. The van der Waals surface area contributed by atoms with Gasteiger partial charge in [0.1, 0.15) is 9.77 Å². The van der Waals surface area contributed by atoms with Crippen molar-refractivity contribution >= 4 is 33.0 Å². The monoisotopic (exact) mass is 297 g/mol. The Hall–Kier alpha value is -1.86. The van der Waals surface area contributed by atoms with Gasteiger partial charge >= 0.3 is 5.97 Å². The maximum Gasteiger partial charge on any atom is 0.347 e. The molecule has 0 unspecified atom stereocenters. The van der Waals surface area contributed by atoms with E-state index >= 15 is 0 Å². The van der Waals surface area contributed by atoms with Gasteiger partial charge in [-0.3, -0.25) is 4.72 Å². The third-order valence-corrected chi connectivity index (χ3v) is 4.87. The van der Waals surface area contributed by atoms with Crippen molar-refractivity contribution in [2.45, 2.75) is 11.8 Å². The molecule has 0 saturated carbocycles. The Kier molecular flexibility index (Phi) is 3.59. The van der Waals surface area contributed by atoms with Crippen LogP contribution in [0.25, 0.3) is 0 Å². The first-order chi connectivity index (χ1) is 8.90. The maximum atomic E-state index is 12.1. The molecule has 5 nitrogen and oxygen atoms in total. The molecule has 0 spiro atoms. The van der Waals surface area contributed by atoms with Crippen molar-refractivity contribution < 1.29 is 18.3 Å². The van der Waals surface area contributed by atoms with E-state index in [1.165, 1.54) is 11.4 Å². The van der Waals surface area contributed by atoms with Crippen molar-refractivity contribution in [3.8, 4) is 0 Å². The summed E-state index contributed by atoms with van der Waals surface area (Å²) in [6.07, 6.45) is 0. The summed E-state index contributed by atoms with van der Waals surface area (Å²) in [7, 11) is -3.88. The normalized spacial score (nSPS) is 11.2. The molecule has 1 aromatic heterocycles. The molecular formula is C12H11NO4S2. The molecule has 0 aliphatic carbocycles. The van der Waals surface area contributed by atoms with Crippen LogP contribution in [-0.2, 0) is 10.0 Å². The summed E-state index contributed by atoms with van der Waals surface area (Å²) in [5.74, 6) is -1.25. The Morgan fingerprint density at radius 1 is 1.21 bits per heavy atom. The molecule has 2 aromatic rings. The molecule has 0 aliphatic rings. The fraction of sp³-hybridized carbons (Fsp3) is 0.0833. The van der Waals surface area contributed by atoms with E-state index in [0.29, 0.717) is 5.69 Å². The summed E-state index contributed by atoms with van der Waals surface area (Å²) in [6.45, 7) is 1.89. The van der Waals surface area contributed by atoms with Crippen molar-refractivity contribution in [3.63, 3.8) is 0 Å². The van der Waals surface area contributed by atoms with Gasteiger partial charge in [-0.1, -0.05) is 17.7 Å². The lowest BCUT2D eigenvalue weighted by Crippen LogP contribution is -2.15. The van der Waals surface area contributed by atoms with Crippen LogP contribution in [0.3, 0.4) is 0 Å². The Bertz CT molecular complexity index is 702. The van der Waals surface area contributed by atoms with E-state index in [-0.39, 0.29) is 9.77 Å². The zero-order valence-electron chi connectivity index (χ0n) is 9.95. The molecule has 0 saturated heterocycles. The van der Waals surface area contributed by atoms with Gasteiger partial charge in [-0.25, -0.2) is 13.2 Å². The van der Waals surface area contributed by atoms with Gasteiger partial charge in [-0.15, -0.1) is 11.3 Å². The average molecular weight is 297 g/mol. The molecule has 1 aromatic carbocycles. The fourth-order valence-electron chi connectivity index (χ4n) is 1.50. The minimum Gasteiger partial charge on any atom is -0.477 e. The Balaban J connectivity index is 2.35. The smallest absolute Gasteiger partial charge is 0.347 e. The Morgan fingerprint density at radius 3 is 2.42 bits per heavy atom. The standard InChI is InChI=1S/C12H11NO4S2/c1-8-2-4-9(5-3-8)13-19(16,17)10-6-7-18-11(10)12(14)15/h2-7,13H,1H3,(H,14,15). The number of carboxylic acids is 1. The van der Waals surface area contributed by atoms with Crippen LogP contribution in [0.1, 0.15) is 15.2 Å². The largest absolute Gasteiger partial charge is 0.477 e. The first-order valence-corrected chi connectivity index (χ1v) is 7.67. The zero-order chi connectivity index (χ0) is 14.0. The van der Waals surface area contributed by atoms with Crippen LogP contribution in [0.4, 0.5) is 5.69 Å². The highest BCUT2D eigenvalue weighted by Crippen LogP contribution is 2.24. The summed E-state index contributed by atoms with van der Waals surface area (Å²) in [5, 5.41) is 10.4. The predicted octanol–water partition coefficient (Wildman–Crippen LogP) is 2.56. The number of hydrogen-bond acceptors (Lipinski definition) is 4. The second-order valence-corrected chi connectivity index (χ2v) is 6.46. The lowest BCUT2D eigenvalue weighted by atomic mass is 10.2. The number of thiophene rings is 1. The van der Waals surface area contributed by atoms with Gasteiger partial charge in [0.15, 0.2) is 0 Å². The van der Waals surface area contributed by atoms with Gasteiger partial charge in [-0.05, 0) is 30.5 Å². The number of nitrogens with one attached hydrogen (secondary N) is 1. The lowest BCUT2D eigenvalue weighted by molar-refractivity contribution is 0.0698. The fourth-order valence-corrected chi connectivity index (χ4v) is 3.82. The van der Waals surface area contributed by atoms with Crippen LogP contribution in [0.5, 0.6) is 0 Å².